The van der Waals surface area contributed by atoms with E-state index in [1.165, 1.54) is 11.1 Å². The molecule has 2 rings (SSSR count). The normalized spacial score (nSPS) is 10.8. The number of ether oxygens (including phenoxy) is 1. The molecule has 0 bridgehead atoms. The molecule has 4 nitrogen and oxygen atoms in total. The summed E-state index contributed by atoms with van der Waals surface area (Å²) >= 11 is 0. The van der Waals surface area contributed by atoms with Gasteiger partial charge in [-0.1, -0.05) is 24.3 Å². The van der Waals surface area contributed by atoms with E-state index in [1.54, 1.807) is 0 Å². The number of halogens is 1. The zero-order valence-corrected chi connectivity index (χ0v) is 16.1. The molecule has 0 spiro atoms. The zero-order valence-electron chi connectivity index (χ0n) is 13.8. The van der Waals surface area contributed by atoms with E-state index in [0.29, 0.717) is 19.1 Å². The molecule has 0 fully saturated rings. The van der Waals surface area contributed by atoms with Crippen LogP contribution in [-0.2, 0) is 6.54 Å². The van der Waals surface area contributed by atoms with Crippen molar-refractivity contribution in [1.29, 1.82) is 0 Å². The Morgan fingerprint density at radius 2 is 1.87 bits per heavy atom. The number of hydrogen-bond acceptors (Lipinski definition) is 2. The SMILES string of the molecule is CCOc1ccccc1CN=C(N)Nc1ccc(C)c(C)c1.I. The molecule has 0 amide bonds. The summed E-state index contributed by atoms with van der Waals surface area (Å²) in [7, 11) is 0. The molecule has 0 unspecified atom stereocenters. The molecular weight excluding hydrogens is 401 g/mol. The first-order valence-corrected chi connectivity index (χ1v) is 7.45. The van der Waals surface area contributed by atoms with Gasteiger partial charge in [0, 0.05) is 11.3 Å². The molecule has 0 atom stereocenters. The number of nitrogens with two attached hydrogens (primary N) is 1. The Morgan fingerprint density at radius 1 is 1.13 bits per heavy atom. The lowest BCUT2D eigenvalue weighted by atomic mass is 10.1. The third-order valence-electron chi connectivity index (χ3n) is 3.47. The Bertz CT molecular complexity index is 671. The van der Waals surface area contributed by atoms with Gasteiger partial charge in [-0.05, 0) is 50.1 Å². The summed E-state index contributed by atoms with van der Waals surface area (Å²) in [6, 6.07) is 14.0. The minimum Gasteiger partial charge on any atom is -0.494 e. The van der Waals surface area contributed by atoms with Gasteiger partial charge in [0.1, 0.15) is 5.75 Å². The quantitative estimate of drug-likeness (QED) is 0.428. The number of benzene rings is 2. The first-order chi connectivity index (χ1) is 10.6. The molecule has 2 aromatic rings. The summed E-state index contributed by atoms with van der Waals surface area (Å²) in [6.45, 7) is 7.25. The number of guanidine groups is 1. The van der Waals surface area contributed by atoms with Crippen LogP contribution in [0.15, 0.2) is 47.5 Å². The summed E-state index contributed by atoms with van der Waals surface area (Å²) in [6.07, 6.45) is 0. The summed E-state index contributed by atoms with van der Waals surface area (Å²) in [4.78, 5) is 4.39. The number of rotatable bonds is 5. The predicted octanol–water partition coefficient (Wildman–Crippen LogP) is 4.25. The van der Waals surface area contributed by atoms with Crippen molar-refractivity contribution in [3.63, 3.8) is 0 Å². The van der Waals surface area contributed by atoms with E-state index in [4.69, 9.17) is 10.5 Å². The zero-order chi connectivity index (χ0) is 15.9. The van der Waals surface area contributed by atoms with Gasteiger partial charge in [0.25, 0.3) is 0 Å². The highest BCUT2D eigenvalue weighted by Gasteiger charge is 2.02. The van der Waals surface area contributed by atoms with Gasteiger partial charge >= 0.3 is 0 Å². The number of aryl methyl sites for hydroxylation is 2. The van der Waals surface area contributed by atoms with Crippen molar-refractivity contribution < 1.29 is 4.74 Å². The maximum atomic E-state index is 5.96. The molecule has 23 heavy (non-hydrogen) atoms. The van der Waals surface area contributed by atoms with Crippen molar-refractivity contribution in [3.05, 3.63) is 59.2 Å². The van der Waals surface area contributed by atoms with E-state index in [1.807, 2.05) is 37.3 Å². The van der Waals surface area contributed by atoms with Crippen LogP contribution in [0, 0.1) is 13.8 Å². The van der Waals surface area contributed by atoms with E-state index in [2.05, 4.69) is 36.3 Å². The van der Waals surface area contributed by atoms with Crippen LogP contribution in [0.4, 0.5) is 5.69 Å². The van der Waals surface area contributed by atoms with Crippen molar-refractivity contribution >= 4 is 35.6 Å². The highest BCUT2D eigenvalue weighted by molar-refractivity contribution is 14.0. The van der Waals surface area contributed by atoms with Gasteiger partial charge in [-0.3, -0.25) is 0 Å². The lowest BCUT2D eigenvalue weighted by Gasteiger charge is -2.10. The van der Waals surface area contributed by atoms with Crippen molar-refractivity contribution in [1.82, 2.24) is 0 Å². The second-order valence-corrected chi connectivity index (χ2v) is 5.17. The smallest absolute Gasteiger partial charge is 0.193 e. The molecule has 0 aliphatic carbocycles. The molecule has 2 aromatic carbocycles. The van der Waals surface area contributed by atoms with Gasteiger partial charge in [-0.2, -0.15) is 0 Å². The topological polar surface area (TPSA) is 59.6 Å². The Kier molecular flexibility index (Phi) is 7.88. The minimum absolute atomic E-state index is 0. The van der Waals surface area contributed by atoms with Gasteiger partial charge < -0.3 is 15.8 Å². The van der Waals surface area contributed by atoms with Crippen LogP contribution in [0.2, 0.25) is 0 Å². The number of para-hydroxylation sites is 1. The molecule has 3 N–H and O–H groups in total. The van der Waals surface area contributed by atoms with E-state index >= 15 is 0 Å². The lowest BCUT2D eigenvalue weighted by molar-refractivity contribution is 0.336. The van der Waals surface area contributed by atoms with Crippen LogP contribution in [0.1, 0.15) is 23.6 Å². The largest absolute Gasteiger partial charge is 0.494 e. The van der Waals surface area contributed by atoms with Crippen LogP contribution in [0.25, 0.3) is 0 Å². The molecule has 0 radical (unpaired) electrons. The number of nitrogens with one attached hydrogen (secondary N) is 1. The summed E-state index contributed by atoms with van der Waals surface area (Å²) in [5, 5.41) is 3.12. The summed E-state index contributed by atoms with van der Waals surface area (Å²) in [5.74, 6) is 1.25. The van der Waals surface area contributed by atoms with Crippen molar-refractivity contribution in [3.8, 4) is 5.75 Å². The molecule has 0 aliphatic heterocycles. The van der Waals surface area contributed by atoms with Crippen LogP contribution in [0.5, 0.6) is 5.75 Å². The third-order valence-corrected chi connectivity index (χ3v) is 3.47. The molecule has 0 saturated heterocycles. The minimum atomic E-state index is 0. The molecule has 0 heterocycles. The van der Waals surface area contributed by atoms with Crippen molar-refractivity contribution in [2.45, 2.75) is 27.3 Å². The fourth-order valence-electron chi connectivity index (χ4n) is 2.11. The lowest BCUT2D eigenvalue weighted by Crippen LogP contribution is -2.22. The maximum Gasteiger partial charge on any atom is 0.193 e. The predicted molar refractivity (Wildman–Crippen MR) is 108 cm³/mol. The Balaban J connectivity index is 0.00000264. The molecule has 5 heteroatoms. The maximum absolute atomic E-state index is 5.96. The first kappa shape index (κ1) is 19.3. The fourth-order valence-corrected chi connectivity index (χ4v) is 2.11. The van der Waals surface area contributed by atoms with E-state index < -0.39 is 0 Å². The second-order valence-electron chi connectivity index (χ2n) is 5.17. The second kappa shape index (κ2) is 9.39. The van der Waals surface area contributed by atoms with Gasteiger partial charge in [0.2, 0.25) is 0 Å². The average Bonchev–Trinajstić information content (AvgIpc) is 2.50. The van der Waals surface area contributed by atoms with Crippen LogP contribution in [-0.4, -0.2) is 12.6 Å². The Morgan fingerprint density at radius 3 is 2.57 bits per heavy atom. The van der Waals surface area contributed by atoms with E-state index in [0.717, 1.165) is 17.0 Å². The average molecular weight is 425 g/mol. The molecular formula is C18H24IN3O. The number of hydrogen-bond donors (Lipinski definition) is 2. The number of anilines is 1. The monoisotopic (exact) mass is 425 g/mol. The van der Waals surface area contributed by atoms with Crippen LogP contribution < -0.4 is 15.8 Å². The van der Waals surface area contributed by atoms with Crippen LogP contribution in [0.3, 0.4) is 0 Å². The van der Waals surface area contributed by atoms with Gasteiger partial charge in [-0.25, -0.2) is 4.99 Å². The van der Waals surface area contributed by atoms with Crippen LogP contribution >= 0.6 is 24.0 Å². The molecule has 124 valence electrons. The number of nitrogens with zero attached hydrogens (tertiary/aromatic N) is 1. The van der Waals surface area contributed by atoms with Gasteiger partial charge in [-0.15, -0.1) is 24.0 Å². The standard InChI is InChI=1S/C18H23N3O.HI/c1-4-22-17-8-6-5-7-15(17)12-20-18(19)21-16-10-9-13(2)14(3)11-16;/h5-11H,4,12H2,1-3H3,(H3,19,20,21);1H. The molecule has 0 aromatic heterocycles. The van der Waals surface area contributed by atoms with Crippen molar-refractivity contribution in [2.24, 2.45) is 10.7 Å². The van der Waals surface area contributed by atoms with E-state index in [9.17, 15) is 0 Å². The first-order valence-electron chi connectivity index (χ1n) is 7.45. The Hall–Kier alpha value is -1.76. The highest BCUT2D eigenvalue weighted by Crippen LogP contribution is 2.19. The van der Waals surface area contributed by atoms with Crippen molar-refractivity contribution in [2.75, 3.05) is 11.9 Å². The number of aliphatic imine (C=N–C) groups is 1. The fraction of sp³-hybridized carbons (Fsp3) is 0.278. The Labute approximate surface area is 155 Å². The summed E-state index contributed by atoms with van der Waals surface area (Å²) in [5.41, 5.74) is 10.4. The van der Waals surface area contributed by atoms with E-state index in [-0.39, 0.29) is 24.0 Å². The third kappa shape index (κ3) is 5.74. The summed E-state index contributed by atoms with van der Waals surface area (Å²) < 4.78 is 5.59. The molecule has 0 aliphatic rings. The van der Waals surface area contributed by atoms with Gasteiger partial charge in [0.15, 0.2) is 5.96 Å². The highest BCUT2D eigenvalue weighted by atomic mass is 127. The molecule has 0 saturated carbocycles. The van der Waals surface area contributed by atoms with Gasteiger partial charge in [0.05, 0.1) is 13.2 Å².